The standard InChI is InChI=1S/C14H34O4Si2/c1-14(2,18-10-8-12-20(5,6)16)13-17-9-7-11-19(3,4)15/h15-16H,7-13H2,1-6H3. The van der Waals surface area contributed by atoms with Gasteiger partial charge in [0.1, 0.15) is 0 Å². The Morgan fingerprint density at radius 3 is 1.75 bits per heavy atom. The molecule has 0 spiro atoms. The van der Waals surface area contributed by atoms with Crippen LogP contribution in [0.5, 0.6) is 0 Å². The molecule has 0 fully saturated rings. The summed E-state index contributed by atoms with van der Waals surface area (Å²) in [5.74, 6) is 0. The highest BCUT2D eigenvalue weighted by molar-refractivity contribution is 6.70. The van der Waals surface area contributed by atoms with Crippen LogP contribution in [0.25, 0.3) is 0 Å². The van der Waals surface area contributed by atoms with E-state index in [0.29, 0.717) is 19.8 Å². The smallest absolute Gasteiger partial charge is 0.182 e. The lowest BCUT2D eigenvalue weighted by Crippen LogP contribution is -2.32. The van der Waals surface area contributed by atoms with Gasteiger partial charge in [0, 0.05) is 13.2 Å². The van der Waals surface area contributed by atoms with Gasteiger partial charge in [0.2, 0.25) is 0 Å². The Labute approximate surface area is 126 Å². The summed E-state index contributed by atoms with van der Waals surface area (Å²) in [7, 11) is -3.87. The van der Waals surface area contributed by atoms with E-state index in [4.69, 9.17) is 9.47 Å². The molecule has 122 valence electrons. The Hall–Kier alpha value is 0.274. The lowest BCUT2D eigenvalue weighted by Gasteiger charge is -2.26. The molecule has 0 aromatic heterocycles. The average molecular weight is 323 g/mol. The quantitative estimate of drug-likeness (QED) is 0.453. The van der Waals surface area contributed by atoms with Gasteiger partial charge in [-0.25, -0.2) is 0 Å². The SMILES string of the molecule is CC(C)(COCCC[Si](C)(C)O)OCCC[Si](C)(C)O. The lowest BCUT2D eigenvalue weighted by molar-refractivity contribution is -0.0747. The summed E-state index contributed by atoms with van der Waals surface area (Å²) in [5, 5.41) is 0. The van der Waals surface area contributed by atoms with E-state index < -0.39 is 16.6 Å². The predicted molar refractivity (Wildman–Crippen MR) is 89.1 cm³/mol. The van der Waals surface area contributed by atoms with Crippen LogP contribution in [-0.4, -0.2) is 51.6 Å². The van der Waals surface area contributed by atoms with E-state index in [2.05, 4.69) is 0 Å². The highest BCUT2D eigenvalue weighted by Crippen LogP contribution is 2.14. The molecule has 0 aliphatic heterocycles. The summed E-state index contributed by atoms with van der Waals surface area (Å²) in [6.07, 6.45) is 1.82. The van der Waals surface area contributed by atoms with Crippen molar-refractivity contribution in [1.29, 1.82) is 0 Å². The van der Waals surface area contributed by atoms with E-state index in [1.165, 1.54) is 0 Å². The monoisotopic (exact) mass is 322 g/mol. The van der Waals surface area contributed by atoms with Crippen molar-refractivity contribution in [3.63, 3.8) is 0 Å². The number of hydrogen-bond acceptors (Lipinski definition) is 4. The van der Waals surface area contributed by atoms with Gasteiger partial charge in [-0.2, -0.15) is 0 Å². The van der Waals surface area contributed by atoms with Crippen molar-refractivity contribution in [3.8, 4) is 0 Å². The van der Waals surface area contributed by atoms with E-state index in [1.54, 1.807) is 0 Å². The maximum atomic E-state index is 9.75. The molecule has 4 nitrogen and oxygen atoms in total. The summed E-state index contributed by atoms with van der Waals surface area (Å²) in [4.78, 5) is 19.5. The molecule has 0 atom stereocenters. The third kappa shape index (κ3) is 14.7. The lowest BCUT2D eigenvalue weighted by atomic mass is 10.1. The van der Waals surface area contributed by atoms with Crippen molar-refractivity contribution in [3.05, 3.63) is 0 Å². The fourth-order valence-electron chi connectivity index (χ4n) is 1.82. The molecule has 0 aliphatic rings. The maximum Gasteiger partial charge on any atom is 0.182 e. The van der Waals surface area contributed by atoms with Crippen molar-refractivity contribution < 1.29 is 19.1 Å². The third-order valence-electron chi connectivity index (χ3n) is 2.95. The Kier molecular flexibility index (Phi) is 8.77. The molecule has 0 radical (unpaired) electrons. The molecule has 0 heterocycles. The Morgan fingerprint density at radius 1 is 0.850 bits per heavy atom. The van der Waals surface area contributed by atoms with Gasteiger partial charge in [-0.05, 0) is 65.0 Å². The number of rotatable bonds is 11. The highest BCUT2D eigenvalue weighted by Gasteiger charge is 2.21. The topological polar surface area (TPSA) is 58.9 Å². The molecular weight excluding hydrogens is 288 g/mol. The third-order valence-corrected chi connectivity index (χ3v) is 6.11. The molecule has 0 saturated carbocycles. The van der Waals surface area contributed by atoms with Gasteiger partial charge in [-0.1, -0.05) is 0 Å². The maximum absolute atomic E-state index is 9.75. The molecule has 0 amide bonds. The fraction of sp³-hybridized carbons (Fsp3) is 1.00. The van der Waals surface area contributed by atoms with Crippen molar-refractivity contribution >= 4 is 16.6 Å². The van der Waals surface area contributed by atoms with Gasteiger partial charge >= 0.3 is 0 Å². The van der Waals surface area contributed by atoms with Crippen LogP contribution in [0.4, 0.5) is 0 Å². The zero-order valence-corrected chi connectivity index (χ0v) is 16.2. The van der Waals surface area contributed by atoms with E-state index in [-0.39, 0.29) is 5.60 Å². The minimum atomic E-state index is -1.94. The molecule has 2 N–H and O–H groups in total. The van der Waals surface area contributed by atoms with Crippen LogP contribution >= 0.6 is 0 Å². The van der Waals surface area contributed by atoms with Crippen molar-refractivity contribution in [1.82, 2.24) is 0 Å². The molecule has 0 aliphatic carbocycles. The van der Waals surface area contributed by atoms with Gasteiger partial charge in [0.25, 0.3) is 0 Å². The van der Waals surface area contributed by atoms with Gasteiger partial charge < -0.3 is 19.1 Å². The minimum Gasteiger partial charge on any atom is -0.432 e. The largest absolute Gasteiger partial charge is 0.432 e. The second-order valence-corrected chi connectivity index (χ2v) is 15.7. The fourth-order valence-corrected chi connectivity index (χ4v) is 3.84. The molecular formula is C14H34O4Si2. The van der Waals surface area contributed by atoms with E-state index >= 15 is 0 Å². The van der Waals surface area contributed by atoms with E-state index in [1.807, 2.05) is 40.0 Å². The van der Waals surface area contributed by atoms with E-state index in [0.717, 1.165) is 24.9 Å². The van der Waals surface area contributed by atoms with Crippen LogP contribution in [-0.2, 0) is 9.47 Å². The van der Waals surface area contributed by atoms with E-state index in [9.17, 15) is 9.59 Å². The van der Waals surface area contributed by atoms with Crippen LogP contribution in [0.2, 0.25) is 38.3 Å². The number of ether oxygens (including phenoxy) is 2. The van der Waals surface area contributed by atoms with Gasteiger partial charge in [-0.15, -0.1) is 0 Å². The summed E-state index contributed by atoms with van der Waals surface area (Å²) >= 11 is 0. The molecule has 0 unspecified atom stereocenters. The van der Waals surface area contributed by atoms with Crippen molar-refractivity contribution in [2.75, 3.05) is 19.8 Å². The van der Waals surface area contributed by atoms with Crippen LogP contribution < -0.4 is 0 Å². The van der Waals surface area contributed by atoms with Gasteiger partial charge in [0.15, 0.2) is 16.6 Å². The zero-order valence-electron chi connectivity index (χ0n) is 14.2. The van der Waals surface area contributed by atoms with Crippen molar-refractivity contribution in [2.45, 2.75) is 70.6 Å². The minimum absolute atomic E-state index is 0.284. The first kappa shape index (κ1) is 20.3. The Balaban J connectivity index is 3.64. The summed E-state index contributed by atoms with van der Waals surface area (Å²) in [5.41, 5.74) is -0.284. The zero-order chi connectivity index (χ0) is 15.9. The molecule has 6 heteroatoms. The van der Waals surface area contributed by atoms with Crippen LogP contribution in [0.1, 0.15) is 26.7 Å². The Bertz CT molecular complexity index is 257. The highest BCUT2D eigenvalue weighted by atomic mass is 28.4. The summed E-state index contributed by atoms with van der Waals surface area (Å²) in [6, 6.07) is 1.75. The van der Waals surface area contributed by atoms with Crippen LogP contribution in [0, 0.1) is 0 Å². The molecule has 0 aromatic carbocycles. The van der Waals surface area contributed by atoms with Crippen LogP contribution in [0.15, 0.2) is 0 Å². The molecule has 20 heavy (non-hydrogen) atoms. The Morgan fingerprint density at radius 2 is 1.30 bits per heavy atom. The van der Waals surface area contributed by atoms with Gasteiger partial charge in [-0.3, -0.25) is 0 Å². The second kappa shape index (κ2) is 8.65. The average Bonchev–Trinajstić information content (AvgIpc) is 2.21. The second-order valence-electron chi connectivity index (χ2n) is 7.49. The molecule has 0 bridgehead atoms. The molecule has 0 saturated heterocycles. The first-order valence-corrected chi connectivity index (χ1v) is 13.9. The summed E-state index contributed by atoms with van der Waals surface area (Å²) < 4.78 is 11.5. The molecule has 0 rings (SSSR count). The van der Waals surface area contributed by atoms with Crippen molar-refractivity contribution in [2.24, 2.45) is 0 Å². The normalized spacial score (nSPS) is 13.8. The first-order chi connectivity index (χ1) is 8.91. The first-order valence-electron chi connectivity index (χ1n) is 7.58. The molecule has 0 aromatic rings. The predicted octanol–water partition coefficient (Wildman–Crippen LogP) is 2.97. The summed E-state index contributed by atoms with van der Waals surface area (Å²) in [6.45, 7) is 13.8. The van der Waals surface area contributed by atoms with Crippen LogP contribution in [0.3, 0.4) is 0 Å². The number of hydrogen-bond donors (Lipinski definition) is 2. The van der Waals surface area contributed by atoms with Gasteiger partial charge in [0.05, 0.1) is 12.2 Å².